The fraction of sp³-hybridized carbons (Fsp3) is 0.385. The zero-order valence-corrected chi connectivity index (χ0v) is 10.2. The van der Waals surface area contributed by atoms with Gasteiger partial charge in [-0.15, -0.1) is 0 Å². The van der Waals surface area contributed by atoms with Crippen molar-refractivity contribution in [2.45, 2.75) is 19.8 Å². The Labute approximate surface area is 105 Å². The molecule has 0 saturated carbocycles. The number of carbonyl (C=O) groups excluding carboxylic acids is 1. The van der Waals surface area contributed by atoms with Crippen LogP contribution in [-0.4, -0.2) is 30.1 Å². The average Bonchev–Trinajstić information content (AvgIpc) is 2.37. The Morgan fingerprint density at radius 3 is 2.94 bits per heavy atom. The van der Waals surface area contributed by atoms with E-state index in [9.17, 15) is 9.59 Å². The molecule has 5 heteroatoms. The first-order chi connectivity index (χ1) is 8.63. The van der Waals surface area contributed by atoms with Gasteiger partial charge in [0.05, 0.1) is 11.3 Å². The first-order valence-electron chi connectivity index (χ1n) is 5.94. The normalized spacial score (nSPS) is 14.1. The van der Waals surface area contributed by atoms with Crippen molar-refractivity contribution in [1.29, 1.82) is 0 Å². The zero-order chi connectivity index (χ0) is 13.1. The monoisotopic (exact) mass is 249 g/mol. The molecule has 0 saturated heterocycles. The van der Waals surface area contributed by atoms with E-state index >= 15 is 0 Å². The second-order valence-corrected chi connectivity index (χ2v) is 4.18. The molecule has 0 aromatic heterocycles. The van der Waals surface area contributed by atoms with E-state index in [0.29, 0.717) is 18.0 Å². The molecule has 1 aromatic carbocycles. The highest BCUT2D eigenvalue weighted by Gasteiger charge is 2.25. The Balaban J connectivity index is 2.32. The number of nitrogens with zero attached hydrogens (tertiary/aromatic N) is 1. The van der Waals surface area contributed by atoms with Gasteiger partial charge in [-0.2, -0.15) is 0 Å². The van der Waals surface area contributed by atoms with Crippen LogP contribution in [0.1, 0.15) is 30.1 Å². The van der Waals surface area contributed by atoms with E-state index in [1.54, 1.807) is 11.0 Å². The number of benzene rings is 1. The molecule has 1 aliphatic rings. The number of ether oxygens (including phenoxy) is 1. The van der Waals surface area contributed by atoms with Gasteiger partial charge in [0, 0.05) is 6.54 Å². The fourth-order valence-electron chi connectivity index (χ4n) is 1.90. The summed E-state index contributed by atoms with van der Waals surface area (Å²) in [7, 11) is 0. The molecule has 1 aromatic rings. The van der Waals surface area contributed by atoms with Gasteiger partial charge in [0.25, 0.3) is 5.91 Å². The van der Waals surface area contributed by atoms with Crippen LogP contribution in [0.4, 0.5) is 5.69 Å². The third-order valence-electron chi connectivity index (χ3n) is 2.89. The van der Waals surface area contributed by atoms with Crippen LogP contribution in [0.2, 0.25) is 0 Å². The largest absolute Gasteiger partial charge is 0.482 e. The number of anilines is 1. The fourth-order valence-corrected chi connectivity index (χ4v) is 1.90. The number of aromatic carboxylic acids is 1. The van der Waals surface area contributed by atoms with Crippen molar-refractivity contribution in [2.24, 2.45) is 0 Å². The summed E-state index contributed by atoms with van der Waals surface area (Å²) in [5.41, 5.74) is 0.822. The van der Waals surface area contributed by atoms with Gasteiger partial charge in [-0.1, -0.05) is 13.3 Å². The average molecular weight is 249 g/mol. The van der Waals surface area contributed by atoms with Crippen LogP contribution in [-0.2, 0) is 4.79 Å². The number of hydrogen-bond donors (Lipinski definition) is 1. The highest BCUT2D eigenvalue weighted by molar-refractivity contribution is 5.99. The molecule has 0 bridgehead atoms. The van der Waals surface area contributed by atoms with Crippen LogP contribution in [0.15, 0.2) is 18.2 Å². The van der Waals surface area contributed by atoms with Crippen molar-refractivity contribution < 1.29 is 19.4 Å². The number of rotatable bonds is 4. The van der Waals surface area contributed by atoms with Gasteiger partial charge in [-0.05, 0) is 24.6 Å². The summed E-state index contributed by atoms with van der Waals surface area (Å²) in [5.74, 6) is -0.622. The summed E-state index contributed by atoms with van der Waals surface area (Å²) in [6, 6.07) is 4.58. The molecule has 0 aliphatic carbocycles. The van der Waals surface area contributed by atoms with Gasteiger partial charge in [0.2, 0.25) is 0 Å². The molecule has 0 radical (unpaired) electrons. The Morgan fingerprint density at radius 1 is 1.50 bits per heavy atom. The SMILES string of the molecule is CCCCN1C(=O)COc2cc(C(=O)O)ccc21. The first-order valence-corrected chi connectivity index (χ1v) is 5.94. The van der Waals surface area contributed by atoms with E-state index in [4.69, 9.17) is 9.84 Å². The van der Waals surface area contributed by atoms with Crippen LogP contribution < -0.4 is 9.64 Å². The number of hydrogen-bond acceptors (Lipinski definition) is 3. The molecule has 1 amide bonds. The topological polar surface area (TPSA) is 66.8 Å². The van der Waals surface area contributed by atoms with Crippen LogP contribution in [0.25, 0.3) is 0 Å². The smallest absolute Gasteiger partial charge is 0.335 e. The summed E-state index contributed by atoms with van der Waals surface area (Å²) in [6.07, 6.45) is 1.90. The van der Waals surface area contributed by atoms with Crippen molar-refractivity contribution in [2.75, 3.05) is 18.1 Å². The molecule has 1 heterocycles. The maximum Gasteiger partial charge on any atom is 0.335 e. The van der Waals surface area contributed by atoms with E-state index in [1.165, 1.54) is 12.1 Å². The number of fused-ring (bicyclic) bond motifs is 1. The highest BCUT2D eigenvalue weighted by Crippen LogP contribution is 2.33. The summed E-state index contributed by atoms with van der Waals surface area (Å²) in [4.78, 5) is 24.3. The number of unbranched alkanes of at least 4 members (excludes halogenated alkanes) is 1. The van der Waals surface area contributed by atoms with Crippen LogP contribution >= 0.6 is 0 Å². The van der Waals surface area contributed by atoms with Gasteiger partial charge in [0.15, 0.2) is 6.61 Å². The Morgan fingerprint density at radius 2 is 2.28 bits per heavy atom. The molecule has 0 unspecified atom stereocenters. The van der Waals surface area contributed by atoms with Crippen molar-refractivity contribution >= 4 is 17.6 Å². The lowest BCUT2D eigenvalue weighted by Crippen LogP contribution is -2.39. The standard InChI is InChI=1S/C13H15NO4/c1-2-3-6-14-10-5-4-9(13(16)17)7-11(10)18-8-12(14)15/h4-5,7H,2-3,6,8H2,1H3,(H,16,17). The van der Waals surface area contributed by atoms with E-state index in [0.717, 1.165) is 12.8 Å². The van der Waals surface area contributed by atoms with Crippen LogP contribution in [0, 0.1) is 0 Å². The minimum Gasteiger partial charge on any atom is -0.482 e. The Hall–Kier alpha value is -2.04. The van der Waals surface area contributed by atoms with Gasteiger partial charge in [-0.25, -0.2) is 4.79 Å². The van der Waals surface area contributed by atoms with E-state index in [2.05, 4.69) is 6.92 Å². The Bertz CT molecular complexity index is 484. The number of carbonyl (C=O) groups is 2. The summed E-state index contributed by atoms with van der Waals surface area (Å²) in [5, 5.41) is 8.91. The molecule has 1 N–H and O–H groups in total. The molecular weight excluding hydrogens is 234 g/mol. The maximum atomic E-state index is 11.8. The number of carboxylic acid groups (broad SMARTS) is 1. The lowest BCUT2D eigenvalue weighted by Gasteiger charge is -2.29. The van der Waals surface area contributed by atoms with Gasteiger partial charge in [-0.3, -0.25) is 4.79 Å². The summed E-state index contributed by atoms with van der Waals surface area (Å²) in [6.45, 7) is 2.66. The maximum absolute atomic E-state index is 11.8. The third kappa shape index (κ3) is 2.30. The van der Waals surface area contributed by atoms with Crippen LogP contribution in [0.5, 0.6) is 5.75 Å². The Kier molecular flexibility index (Phi) is 3.50. The van der Waals surface area contributed by atoms with Gasteiger partial charge in [0.1, 0.15) is 5.75 Å². The molecule has 1 aliphatic heterocycles. The minimum absolute atomic E-state index is 0.0280. The minimum atomic E-state index is -1.00. The lowest BCUT2D eigenvalue weighted by molar-refractivity contribution is -0.121. The zero-order valence-electron chi connectivity index (χ0n) is 10.2. The number of amides is 1. The van der Waals surface area contributed by atoms with Crippen LogP contribution in [0.3, 0.4) is 0 Å². The molecule has 96 valence electrons. The second-order valence-electron chi connectivity index (χ2n) is 4.18. The second kappa shape index (κ2) is 5.08. The predicted molar refractivity (Wildman–Crippen MR) is 66.2 cm³/mol. The van der Waals surface area contributed by atoms with E-state index in [1.807, 2.05) is 0 Å². The molecule has 2 rings (SSSR count). The van der Waals surface area contributed by atoms with Crippen molar-refractivity contribution in [3.8, 4) is 5.75 Å². The quantitative estimate of drug-likeness (QED) is 0.885. The van der Waals surface area contributed by atoms with E-state index < -0.39 is 5.97 Å². The summed E-state index contributed by atoms with van der Waals surface area (Å²) >= 11 is 0. The van der Waals surface area contributed by atoms with Crippen molar-refractivity contribution in [3.05, 3.63) is 23.8 Å². The molecule has 0 fully saturated rings. The van der Waals surface area contributed by atoms with Crippen molar-refractivity contribution in [1.82, 2.24) is 0 Å². The van der Waals surface area contributed by atoms with Gasteiger partial charge < -0.3 is 14.7 Å². The number of carboxylic acids is 1. The predicted octanol–water partition coefficient (Wildman–Crippen LogP) is 1.91. The first kappa shape index (κ1) is 12.4. The summed E-state index contributed by atoms with van der Waals surface area (Å²) < 4.78 is 5.28. The highest BCUT2D eigenvalue weighted by atomic mass is 16.5. The lowest BCUT2D eigenvalue weighted by atomic mass is 10.1. The molecule has 5 nitrogen and oxygen atoms in total. The molecule has 0 spiro atoms. The van der Waals surface area contributed by atoms with E-state index in [-0.39, 0.29) is 18.1 Å². The van der Waals surface area contributed by atoms with Crippen molar-refractivity contribution in [3.63, 3.8) is 0 Å². The molecule has 0 atom stereocenters. The molecule has 18 heavy (non-hydrogen) atoms. The third-order valence-corrected chi connectivity index (χ3v) is 2.89. The molecular formula is C13H15NO4. The van der Waals surface area contributed by atoms with Gasteiger partial charge >= 0.3 is 5.97 Å².